The summed E-state index contributed by atoms with van der Waals surface area (Å²) in [6.45, 7) is 0.165. The highest BCUT2D eigenvalue weighted by Crippen LogP contribution is 2.41. The van der Waals surface area contributed by atoms with Crippen molar-refractivity contribution in [1.82, 2.24) is 4.90 Å². The predicted octanol–water partition coefficient (Wildman–Crippen LogP) is 6.06. The first-order chi connectivity index (χ1) is 16.4. The summed E-state index contributed by atoms with van der Waals surface area (Å²) >= 11 is 0. The second-order valence-corrected chi connectivity index (χ2v) is 8.41. The maximum atomic E-state index is 13.3. The fourth-order valence-electron chi connectivity index (χ4n) is 4.50. The summed E-state index contributed by atoms with van der Waals surface area (Å²) in [6, 6.07) is 3.84. The lowest BCUT2D eigenvalue weighted by Crippen LogP contribution is -2.30. The highest BCUT2D eigenvalue weighted by molar-refractivity contribution is 5.88. The van der Waals surface area contributed by atoms with Crippen molar-refractivity contribution in [1.29, 1.82) is 5.26 Å². The number of rotatable bonds is 3. The Morgan fingerprint density at radius 2 is 1.66 bits per heavy atom. The van der Waals surface area contributed by atoms with Gasteiger partial charge < -0.3 is 9.84 Å². The van der Waals surface area contributed by atoms with Crippen LogP contribution in [-0.2, 0) is 36.8 Å². The van der Waals surface area contributed by atoms with Crippen molar-refractivity contribution in [2.24, 2.45) is 0 Å². The largest absolute Gasteiger partial charge is 0.465 e. The predicted molar refractivity (Wildman–Crippen MR) is 110 cm³/mol. The van der Waals surface area contributed by atoms with Gasteiger partial charge in [-0.05, 0) is 65.4 Å². The van der Waals surface area contributed by atoms with E-state index in [1.165, 1.54) is 0 Å². The van der Waals surface area contributed by atoms with Crippen molar-refractivity contribution in [3.05, 3.63) is 63.7 Å². The molecule has 0 unspecified atom stereocenters. The molecular weight excluding hydrogens is 480 g/mol. The summed E-state index contributed by atoms with van der Waals surface area (Å²) in [4.78, 5) is 14.1. The molecule has 0 aromatic heterocycles. The number of anilines is 1. The van der Waals surface area contributed by atoms with E-state index in [4.69, 9.17) is 4.74 Å². The van der Waals surface area contributed by atoms with Crippen LogP contribution in [-0.4, -0.2) is 22.6 Å². The molecule has 12 heteroatoms. The molecule has 1 amide bonds. The lowest BCUT2D eigenvalue weighted by Gasteiger charge is -2.29. The van der Waals surface area contributed by atoms with E-state index in [-0.39, 0.29) is 37.8 Å². The Hall–Kier alpha value is -3.46. The van der Waals surface area contributed by atoms with Crippen LogP contribution in [0.4, 0.5) is 36.8 Å². The fraction of sp³-hybridized carbons (Fsp3) is 0.391. The molecular formula is C23H19F6N3O3. The summed E-state index contributed by atoms with van der Waals surface area (Å²) in [5, 5.41) is 19.6. The average molecular weight is 499 g/mol. The molecule has 0 aliphatic carbocycles. The number of halogens is 6. The number of amides is 1. The highest BCUT2D eigenvalue weighted by atomic mass is 19.4. The molecule has 0 fully saturated rings. The maximum absolute atomic E-state index is 13.3. The van der Waals surface area contributed by atoms with Gasteiger partial charge in [0, 0.05) is 6.54 Å². The van der Waals surface area contributed by atoms with Gasteiger partial charge in [-0.3, -0.25) is 9.80 Å². The first-order valence-electron chi connectivity index (χ1n) is 10.6. The van der Waals surface area contributed by atoms with Crippen LogP contribution < -0.4 is 4.90 Å². The van der Waals surface area contributed by atoms with E-state index in [0.717, 1.165) is 20.9 Å². The zero-order valence-electron chi connectivity index (χ0n) is 18.1. The Morgan fingerprint density at radius 3 is 2.20 bits per heavy atom. The van der Waals surface area contributed by atoms with Crippen molar-refractivity contribution in [3.63, 3.8) is 0 Å². The molecule has 0 saturated heterocycles. The SMILES string of the molecule is N#CN(Cc1cc(C(F)(F)F)cc(C(F)(F)F)c1)[C@H]1CCCN(C(=O)O)c2cc3c(cc21)COC3. The van der Waals surface area contributed by atoms with Crippen molar-refractivity contribution in [3.8, 4) is 6.19 Å². The maximum Gasteiger partial charge on any atom is 0.416 e. The first kappa shape index (κ1) is 24.7. The Bertz CT molecular complexity index is 1160. The van der Waals surface area contributed by atoms with Crippen LogP contribution in [0.3, 0.4) is 0 Å². The second-order valence-electron chi connectivity index (χ2n) is 8.41. The molecule has 0 saturated carbocycles. The summed E-state index contributed by atoms with van der Waals surface area (Å²) in [6.07, 6.45) is -8.73. The summed E-state index contributed by atoms with van der Waals surface area (Å²) in [5.41, 5.74) is -0.909. The average Bonchev–Trinajstić information content (AvgIpc) is 3.15. The molecule has 186 valence electrons. The number of carbonyl (C=O) groups is 1. The van der Waals surface area contributed by atoms with Crippen LogP contribution in [0.25, 0.3) is 0 Å². The molecule has 4 rings (SSSR count). The van der Waals surface area contributed by atoms with Crippen molar-refractivity contribution in [2.45, 2.75) is 51.0 Å². The number of nitriles is 1. The molecule has 2 aromatic carbocycles. The molecule has 6 nitrogen and oxygen atoms in total. The first-order valence-corrected chi connectivity index (χ1v) is 10.6. The lowest BCUT2D eigenvalue weighted by atomic mass is 9.95. The molecule has 1 atom stereocenters. The van der Waals surface area contributed by atoms with Gasteiger partial charge in [-0.1, -0.05) is 0 Å². The minimum Gasteiger partial charge on any atom is -0.465 e. The molecule has 1 N–H and O–H groups in total. The molecule has 0 spiro atoms. The normalized spacial score (nSPS) is 17.9. The number of hydrogen-bond acceptors (Lipinski definition) is 4. The summed E-state index contributed by atoms with van der Waals surface area (Å²) in [5.74, 6) is 0. The topological polar surface area (TPSA) is 76.8 Å². The van der Waals surface area contributed by atoms with Crippen molar-refractivity contribution < 1.29 is 41.0 Å². The van der Waals surface area contributed by atoms with E-state index in [0.29, 0.717) is 29.8 Å². The monoisotopic (exact) mass is 499 g/mol. The Morgan fingerprint density at radius 1 is 1.06 bits per heavy atom. The number of fused-ring (bicyclic) bond motifs is 2. The molecule has 2 aromatic rings. The third-order valence-corrected chi connectivity index (χ3v) is 6.11. The van der Waals surface area contributed by atoms with E-state index < -0.39 is 42.2 Å². The standard InChI is InChI=1S/C23H19F6N3O3/c24-22(25,26)16-4-13(5-17(8-16)23(27,28)29)9-31(12-30)19-2-1-3-32(21(33)34)20-7-15-11-35-10-14(15)6-18(19)20/h4-8,19H,1-3,9-11H2,(H,33,34)/t19-/m0/s1. The van der Waals surface area contributed by atoms with Crippen LogP contribution in [0.15, 0.2) is 30.3 Å². The van der Waals surface area contributed by atoms with E-state index >= 15 is 0 Å². The van der Waals surface area contributed by atoms with E-state index in [1.807, 2.05) is 6.19 Å². The number of carboxylic acid groups (broad SMARTS) is 1. The van der Waals surface area contributed by atoms with Gasteiger partial charge in [-0.2, -0.15) is 31.6 Å². The minimum atomic E-state index is -5.01. The van der Waals surface area contributed by atoms with Crippen LogP contribution in [0, 0.1) is 11.5 Å². The number of ether oxygens (including phenoxy) is 1. The molecule has 2 aliphatic rings. The van der Waals surface area contributed by atoms with Crippen LogP contribution in [0.5, 0.6) is 0 Å². The van der Waals surface area contributed by atoms with Gasteiger partial charge in [0.2, 0.25) is 0 Å². The van der Waals surface area contributed by atoms with Crippen LogP contribution in [0.2, 0.25) is 0 Å². The third kappa shape index (κ3) is 5.00. The number of benzene rings is 2. The van der Waals surface area contributed by atoms with Crippen LogP contribution in [0.1, 0.15) is 52.3 Å². The Balaban J connectivity index is 1.76. The summed E-state index contributed by atoms with van der Waals surface area (Å²) in [7, 11) is 0. The van der Waals surface area contributed by atoms with Gasteiger partial charge in [-0.15, -0.1) is 0 Å². The zero-order valence-corrected chi connectivity index (χ0v) is 18.1. The summed E-state index contributed by atoms with van der Waals surface area (Å²) < 4.78 is 85.1. The molecule has 0 radical (unpaired) electrons. The number of nitrogens with zero attached hydrogens (tertiary/aromatic N) is 3. The molecule has 2 aliphatic heterocycles. The van der Waals surface area contributed by atoms with E-state index in [9.17, 15) is 41.5 Å². The fourth-order valence-corrected chi connectivity index (χ4v) is 4.50. The van der Waals surface area contributed by atoms with Crippen molar-refractivity contribution >= 4 is 11.8 Å². The Kier molecular flexibility index (Phi) is 6.31. The van der Waals surface area contributed by atoms with Gasteiger partial charge in [0.1, 0.15) is 0 Å². The molecule has 0 bridgehead atoms. The van der Waals surface area contributed by atoms with Crippen molar-refractivity contribution in [2.75, 3.05) is 11.4 Å². The molecule has 2 heterocycles. The number of hydrogen-bond donors (Lipinski definition) is 1. The Labute approximate surface area is 195 Å². The van der Waals surface area contributed by atoms with Gasteiger partial charge in [0.05, 0.1) is 42.6 Å². The second kappa shape index (κ2) is 8.96. The molecule has 35 heavy (non-hydrogen) atoms. The van der Waals surface area contributed by atoms with E-state index in [2.05, 4.69) is 0 Å². The smallest absolute Gasteiger partial charge is 0.416 e. The third-order valence-electron chi connectivity index (χ3n) is 6.11. The zero-order chi connectivity index (χ0) is 25.5. The van der Waals surface area contributed by atoms with Gasteiger partial charge >= 0.3 is 18.4 Å². The van der Waals surface area contributed by atoms with Gasteiger partial charge in [-0.25, -0.2) is 4.79 Å². The highest BCUT2D eigenvalue weighted by Gasteiger charge is 2.38. The van der Waals surface area contributed by atoms with Crippen LogP contribution >= 0.6 is 0 Å². The van der Waals surface area contributed by atoms with Gasteiger partial charge in [0.15, 0.2) is 6.19 Å². The van der Waals surface area contributed by atoms with E-state index in [1.54, 1.807) is 12.1 Å². The lowest BCUT2D eigenvalue weighted by molar-refractivity contribution is -0.143. The van der Waals surface area contributed by atoms with Gasteiger partial charge in [0.25, 0.3) is 0 Å². The minimum absolute atomic E-state index is 0.0369. The number of alkyl halides is 6. The quantitative estimate of drug-likeness (QED) is 0.316.